The lowest BCUT2D eigenvalue weighted by molar-refractivity contribution is -0.134. The van der Waals surface area contributed by atoms with Crippen molar-refractivity contribution in [1.82, 2.24) is 15.5 Å². The number of guanidine groups is 1. The lowest BCUT2D eigenvalue weighted by Crippen LogP contribution is -2.46. The molecule has 160 valence electrons. The number of ether oxygens (including phenoxy) is 1. The summed E-state index contributed by atoms with van der Waals surface area (Å²) in [4.78, 5) is 19.0. The van der Waals surface area contributed by atoms with Crippen molar-refractivity contribution in [3.05, 3.63) is 29.8 Å². The SMILES string of the molecule is CN=C(NCCOc1ccccc1C(C)C)NC1CCN(C(=O)C2CCCC2)C1. The number of rotatable bonds is 7. The van der Waals surface area contributed by atoms with Crippen LogP contribution < -0.4 is 15.4 Å². The van der Waals surface area contributed by atoms with E-state index < -0.39 is 0 Å². The zero-order chi connectivity index (χ0) is 20.6. The van der Waals surface area contributed by atoms with Crippen molar-refractivity contribution in [3.8, 4) is 5.75 Å². The van der Waals surface area contributed by atoms with E-state index >= 15 is 0 Å². The molecule has 1 saturated heterocycles. The Balaban J connectivity index is 1.39. The van der Waals surface area contributed by atoms with Crippen molar-refractivity contribution in [2.45, 2.75) is 57.9 Å². The van der Waals surface area contributed by atoms with Gasteiger partial charge in [0.15, 0.2) is 5.96 Å². The average Bonchev–Trinajstić information content (AvgIpc) is 3.42. The summed E-state index contributed by atoms with van der Waals surface area (Å²) in [7, 11) is 1.78. The number of aliphatic imine (C=N–C) groups is 1. The molecule has 1 aliphatic heterocycles. The van der Waals surface area contributed by atoms with Crippen molar-refractivity contribution in [2.24, 2.45) is 10.9 Å². The van der Waals surface area contributed by atoms with Gasteiger partial charge in [0.2, 0.25) is 5.91 Å². The van der Waals surface area contributed by atoms with Crippen LogP contribution >= 0.6 is 0 Å². The summed E-state index contributed by atoms with van der Waals surface area (Å²) < 4.78 is 5.97. The van der Waals surface area contributed by atoms with Crippen molar-refractivity contribution in [2.75, 3.05) is 33.3 Å². The van der Waals surface area contributed by atoms with Crippen LogP contribution in [0.2, 0.25) is 0 Å². The van der Waals surface area contributed by atoms with Gasteiger partial charge in [0.25, 0.3) is 0 Å². The molecule has 29 heavy (non-hydrogen) atoms. The third-order valence-corrected chi connectivity index (χ3v) is 5.96. The average molecular weight is 401 g/mol. The van der Waals surface area contributed by atoms with E-state index in [9.17, 15) is 4.79 Å². The Kier molecular flexibility index (Phi) is 7.78. The minimum atomic E-state index is 0.258. The Morgan fingerprint density at radius 2 is 2.00 bits per heavy atom. The minimum absolute atomic E-state index is 0.258. The van der Waals surface area contributed by atoms with Crippen LogP contribution in [0.3, 0.4) is 0 Å². The summed E-state index contributed by atoms with van der Waals surface area (Å²) in [5.41, 5.74) is 1.23. The second kappa shape index (κ2) is 10.5. The summed E-state index contributed by atoms with van der Waals surface area (Å²) in [6.07, 6.45) is 5.50. The molecule has 2 N–H and O–H groups in total. The maximum atomic E-state index is 12.6. The van der Waals surface area contributed by atoms with E-state index in [1.54, 1.807) is 7.05 Å². The molecule has 1 atom stereocenters. The molecule has 0 spiro atoms. The van der Waals surface area contributed by atoms with Crippen LogP contribution in [0, 0.1) is 5.92 Å². The molecule has 0 radical (unpaired) electrons. The van der Waals surface area contributed by atoms with Crippen molar-refractivity contribution in [3.63, 3.8) is 0 Å². The summed E-state index contributed by atoms with van der Waals surface area (Å²) in [5.74, 6) is 2.77. The zero-order valence-electron chi connectivity index (χ0n) is 18.1. The Bertz CT molecular complexity index is 698. The molecular formula is C23H36N4O2. The van der Waals surface area contributed by atoms with Crippen LogP contribution in [-0.2, 0) is 4.79 Å². The predicted octanol–water partition coefficient (Wildman–Crippen LogP) is 3.14. The Labute approximate surface area is 175 Å². The summed E-state index contributed by atoms with van der Waals surface area (Å²) in [6.45, 7) is 7.21. The Morgan fingerprint density at radius 1 is 1.24 bits per heavy atom. The molecule has 2 fully saturated rings. The normalized spacial score (nSPS) is 20.3. The van der Waals surface area contributed by atoms with Crippen LogP contribution in [0.5, 0.6) is 5.75 Å². The predicted molar refractivity (Wildman–Crippen MR) is 117 cm³/mol. The van der Waals surface area contributed by atoms with Crippen LogP contribution in [0.15, 0.2) is 29.3 Å². The number of hydrogen-bond acceptors (Lipinski definition) is 3. The molecule has 2 aliphatic rings. The lowest BCUT2D eigenvalue weighted by Gasteiger charge is -2.21. The van der Waals surface area contributed by atoms with Gasteiger partial charge in [-0.25, -0.2) is 0 Å². The fraction of sp³-hybridized carbons (Fsp3) is 0.652. The van der Waals surface area contributed by atoms with Crippen molar-refractivity contribution < 1.29 is 9.53 Å². The van der Waals surface area contributed by atoms with Gasteiger partial charge in [0.05, 0.1) is 6.54 Å². The fourth-order valence-corrected chi connectivity index (χ4v) is 4.32. The highest BCUT2D eigenvalue weighted by molar-refractivity contribution is 5.81. The largest absolute Gasteiger partial charge is 0.491 e. The van der Waals surface area contributed by atoms with Gasteiger partial charge in [-0.1, -0.05) is 44.9 Å². The standard InChI is InChI=1S/C23H36N4O2/c1-17(2)20-10-6-7-11-21(20)29-15-13-25-23(24-3)26-19-12-14-27(16-19)22(28)18-8-4-5-9-18/h6-7,10-11,17-19H,4-5,8-9,12-16H2,1-3H3,(H2,24,25,26). The highest BCUT2D eigenvalue weighted by atomic mass is 16.5. The molecule has 1 aromatic carbocycles. The van der Waals surface area contributed by atoms with E-state index in [1.807, 2.05) is 17.0 Å². The molecule has 1 unspecified atom stereocenters. The van der Waals surface area contributed by atoms with Gasteiger partial charge in [-0.15, -0.1) is 0 Å². The van der Waals surface area contributed by atoms with E-state index in [2.05, 4.69) is 41.6 Å². The first kappa shape index (κ1) is 21.5. The highest BCUT2D eigenvalue weighted by Crippen LogP contribution is 2.28. The van der Waals surface area contributed by atoms with E-state index in [0.717, 1.165) is 44.1 Å². The maximum absolute atomic E-state index is 12.6. The van der Waals surface area contributed by atoms with Crippen LogP contribution in [0.1, 0.15) is 57.4 Å². The van der Waals surface area contributed by atoms with E-state index in [1.165, 1.54) is 18.4 Å². The first-order valence-electron chi connectivity index (χ1n) is 11.1. The van der Waals surface area contributed by atoms with E-state index in [-0.39, 0.29) is 12.0 Å². The number of likely N-dealkylation sites (tertiary alicyclic amines) is 1. The van der Waals surface area contributed by atoms with E-state index in [0.29, 0.717) is 25.0 Å². The molecule has 0 bridgehead atoms. The first-order valence-corrected chi connectivity index (χ1v) is 11.1. The van der Waals surface area contributed by atoms with Crippen molar-refractivity contribution >= 4 is 11.9 Å². The number of nitrogens with zero attached hydrogens (tertiary/aromatic N) is 2. The van der Waals surface area contributed by atoms with Crippen LogP contribution in [0.4, 0.5) is 0 Å². The molecule has 1 aromatic rings. The number of carbonyl (C=O) groups is 1. The number of benzene rings is 1. The minimum Gasteiger partial charge on any atom is -0.491 e. The monoisotopic (exact) mass is 400 g/mol. The molecule has 0 aromatic heterocycles. The van der Waals surface area contributed by atoms with Gasteiger partial charge in [-0.2, -0.15) is 0 Å². The molecule has 1 saturated carbocycles. The second-order valence-corrected chi connectivity index (χ2v) is 8.44. The number of carbonyl (C=O) groups excluding carboxylic acids is 1. The van der Waals surface area contributed by atoms with E-state index in [4.69, 9.17) is 4.74 Å². The summed E-state index contributed by atoms with van der Waals surface area (Å²) >= 11 is 0. The number of para-hydroxylation sites is 1. The Morgan fingerprint density at radius 3 is 2.72 bits per heavy atom. The highest BCUT2D eigenvalue weighted by Gasteiger charge is 2.32. The molecule has 3 rings (SSSR count). The smallest absolute Gasteiger partial charge is 0.225 e. The number of hydrogen-bond donors (Lipinski definition) is 2. The quantitative estimate of drug-likeness (QED) is 0.419. The molecule has 6 heteroatoms. The molecule has 1 aliphatic carbocycles. The first-order chi connectivity index (χ1) is 14.1. The maximum Gasteiger partial charge on any atom is 0.225 e. The topological polar surface area (TPSA) is 66.0 Å². The van der Waals surface area contributed by atoms with Gasteiger partial charge < -0.3 is 20.3 Å². The number of nitrogens with one attached hydrogen (secondary N) is 2. The van der Waals surface area contributed by atoms with Gasteiger partial charge in [-0.05, 0) is 36.8 Å². The summed E-state index contributed by atoms with van der Waals surface area (Å²) in [5, 5.41) is 6.78. The molecule has 6 nitrogen and oxygen atoms in total. The lowest BCUT2D eigenvalue weighted by atomic mass is 10.0. The molecular weight excluding hydrogens is 364 g/mol. The molecule has 1 heterocycles. The fourth-order valence-electron chi connectivity index (χ4n) is 4.32. The van der Waals surface area contributed by atoms with Gasteiger partial charge >= 0.3 is 0 Å². The summed E-state index contributed by atoms with van der Waals surface area (Å²) in [6, 6.07) is 8.46. The molecule has 1 amide bonds. The number of amides is 1. The third kappa shape index (κ3) is 5.87. The van der Waals surface area contributed by atoms with Gasteiger partial charge in [0, 0.05) is 32.1 Å². The Hall–Kier alpha value is -2.24. The van der Waals surface area contributed by atoms with Crippen LogP contribution in [-0.4, -0.2) is 56.1 Å². The van der Waals surface area contributed by atoms with Gasteiger partial charge in [-0.3, -0.25) is 9.79 Å². The third-order valence-electron chi connectivity index (χ3n) is 5.96. The van der Waals surface area contributed by atoms with Gasteiger partial charge in [0.1, 0.15) is 12.4 Å². The van der Waals surface area contributed by atoms with Crippen molar-refractivity contribution in [1.29, 1.82) is 0 Å². The zero-order valence-corrected chi connectivity index (χ0v) is 18.1. The second-order valence-electron chi connectivity index (χ2n) is 8.44. The van der Waals surface area contributed by atoms with Crippen LogP contribution in [0.25, 0.3) is 0 Å².